The Labute approximate surface area is 193 Å². The van der Waals surface area contributed by atoms with Crippen LogP contribution in [0.15, 0.2) is 48.5 Å². The Bertz CT molecular complexity index is 1060. The third kappa shape index (κ3) is 5.32. The maximum absolute atomic E-state index is 12.5. The van der Waals surface area contributed by atoms with Crippen LogP contribution in [0, 0.1) is 11.8 Å². The van der Waals surface area contributed by atoms with Crippen LogP contribution in [0.1, 0.15) is 29.9 Å². The minimum absolute atomic E-state index is 0.0980. The van der Waals surface area contributed by atoms with E-state index in [1.807, 2.05) is 53.8 Å². The second-order valence-corrected chi connectivity index (χ2v) is 8.53. The average Bonchev–Trinajstić information content (AvgIpc) is 3.50. The molecule has 1 fully saturated rings. The molecule has 0 heterocycles. The maximum Gasteiger partial charge on any atom is 0.407 e. The molecular weight excluding hydrogens is 453 g/mol. The summed E-state index contributed by atoms with van der Waals surface area (Å²) in [6.07, 6.45) is -6.68. The number of carboxylic acids is 1. The summed E-state index contributed by atoms with van der Waals surface area (Å²) in [5, 5.41) is 13.4. The van der Waals surface area contributed by atoms with Gasteiger partial charge in [0, 0.05) is 18.4 Å². The van der Waals surface area contributed by atoms with Crippen molar-refractivity contribution < 1.29 is 37.4 Å². The lowest BCUT2D eigenvalue weighted by Crippen LogP contribution is -2.44. The number of alkyl carbamates (subject to hydrolysis) is 1. The molecule has 0 bridgehead atoms. The van der Waals surface area contributed by atoms with Gasteiger partial charge in [-0.25, -0.2) is 9.59 Å². The smallest absolute Gasteiger partial charge is 0.407 e. The zero-order valence-corrected chi connectivity index (χ0v) is 18.0. The normalized spacial score (nSPS) is 19.5. The van der Waals surface area contributed by atoms with Gasteiger partial charge < -0.3 is 20.5 Å². The largest absolute Gasteiger partial charge is 0.480 e. The molecule has 1 saturated carbocycles. The van der Waals surface area contributed by atoms with Gasteiger partial charge in [-0.15, -0.1) is 0 Å². The average molecular weight is 476 g/mol. The molecule has 0 radical (unpaired) electrons. The van der Waals surface area contributed by atoms with E-state index in [4.69, 9.17) is 9.84 Å². The van der Waals surface area contributed by atoms with E-state index in [9.17, 15) is 27.6 Å². The summed E-state index contributed by atoms with van der Waals surface area (Å²) >= 11 is 0. The van der Waals surface area contributed by atoms with E-state index in [0.717, 1.165) is 22.3 Å². The van der Waals surface area contributed by atoms with Crippen LogP contribution in [0.3, 0.4) is 0 Å². The van der Waals surface area contributed by atoms with Crippen molar-refractivity contribution in [2.45, 2.75) is 31.0 Å². The molecule has 34 heavy (non-hydrogen) atoms. The zero-order chi connectivity index (χ0) is 24.5. The van der Waals surface area contributed by atoms with Gasteiger partial charge in [-0.1, -0.05) is 48.5 Å². The molecular formula is C24H23F3N2O5. The number of carbonyl (C=O) groups is 3. The van der Waals surface area contributed by atoms with Crippen molar-refractivity contribution in [3.63, 3.8) is 0 Å². The van der Waals surface area contributed by atoms with Gasteiger partial charge >= 0.3 is 18.2 Å². The Balaban J connectivity index is 1.24. The van der Waals surface area contributed by atoms with Gasteiger partial charge in [-0.3, -0.25) is 4.79 Å². The number of nitrogens with one attached hydrogen (secondary N) is 2. The first kappa shape index (κ1) is 23.6. The number of carboxylic acid groups (broad SMARTS) is 1. The van der Waals surface area contributed by atoms with Crippen molar-refractivity contribution in [2.24, 2.45) is 11.8 Å². The minimum atomic E-state index is -4.72. The van der Waals surface area contributed by atoms with Crippen molar-refractivity contribution in [2.75, 3.05) is 13.2 Å². The summed E-state index contributed by atoms with van der Waals surface area (Å²) in [6.45, 7) is 0.234. The highest BCUT2D eigenvalue weighted by atomic mass is 19.4. The van der Waals surface area contributed by atoms with Gasteiger partial charge in [0.2, 0.25) is 5.91 Å². The van der Waals surface area contributed by atoms with Crippen molar-refractivity contribution in [3.8, 4) is 11.1 Å². The van der Waals surface area contributed by atoms with Gasteiger partial charge in [0.05, 0.1) is 6.42 Å². The van der Waals surface area contributed by atoms with E-state index in [-0.39, 0.29) is 25.0 Å². The molecule has 7 nitrogen and oxygen atoms in total. The molecule has 2 aliphatic rings. The summed E-state index contributed by atoms with van der Waals surface area (Å²) in [6, 6.07) is 13.8. The molecule has 0 aliphatic heterocycles. The van der Waals surface area contributed by atoms with Crippen LogP contribution in [-0.4, -0.2) is 48.4 Å². The van der Waals surface area contributed by atoms with Crippen molar-refractivity contribution in [1.29, 1.82) is 0 Å². The highest BCUT2D eigenvalue weighted by Gasteiger charge is 2.45. The first-order valence-corrected chi connectivity index (χ1v) is 10.8. The van der Waals surface area contributed by atoms with Crippen LogP contribution in [0.4, 0.5) is 18.0 Å². The van der Waals surface area contributed by atoms with Crippen molar-refractivity contribution in [3.05, 3.63) is 59.7 Å². The maximum atomic E-state index is 12.5. The molecule has 0 spiro atoms. The fraction of sp³-hybridized carbons (Fsp3) is 0.375. The molecule has 0 aromatic heterocycles. The summed E-state index contributed by atoms with van der Waals surface area (Å²) in [4.78, 5) is 35.3. The fourth-order valence-electron chi connectivity index (χ4n) is 4.37. The van der Waals surface area contributed by atoms with E-state index in [1.54, 1.807) is 0 Å². The molecule has 4 rings (SSSR count). The number of hydrogen-bond acceptors (Lipinski definition) is 4. The zero-order valence-electron chi connectivity index (χ0n) is 18.0. The number of aliphatic carboxylic acids is 1. The monoisotopic (exact) mass is 476 g/mol. The molecule has 2 aliphatic carbocycles. The van der Waals surface area contributed by atoms with Crippen LogP contribution < -0.4 is 10.6 Å². The lowest BCUT2D eigenvalue weighted by Gasteiger charge is -2.16. The number of carbonyl (C=O) groups excluding carboxylic acids is 2. The Morgan fingerprint density at radius 3 is 2.18 bits per heavy atom. The van der Waals surface area contributed by atoms with Crippen LogP contribution in [0.25, 0.3) is 11.1 Å². The second kappa shape index (κ2) is 9.36. The van der Waals surface area contributed by atoms with E-state index in [2.05, 4.69) is 5.32 Å². The summed E-state index contributed by atoms with van der Waals surface area (Å²) < 4.78 is 42.9. The first-order valence-electron chi connectivity index (χ1n) is 10.8. The van der Waals surface area contributed by atoms with E-state index in [1.165, 1.54) is 0 Å². The first-order chi connectivity index (χ1) is 16.1. The quantitative estimate of drug-likeness (QED) is 0.539. The molecule has 2 aromatic carbocycles. The molecule has 10 heteroatoms. The van der Waals surface area contributed by atoms with Crippen molar-refractivity contribution >= 4 is 18.0 Å². The van der Waals surface area contributed by atoms with Gasteiger partial charge in [0.1, 0.15) is 12.6 Å². The van der Waals surface area contributed by atoms with E-state index >= 15 is 0 Å². The van der Waals surface area contributed by atoms with Crippen LogP contribution in [-0.2, 0) is 14.3 Å². The van der Waals surface area contributed by atoms with Gasteiger partial charge in [-0.2, -0.15) is 13.2 Å². The fourth-order valence-corrected chi connectivity index (χ4v) is 4.37. The molecule has 0 saturated heterocycles. The number of amides is 2. The van der Waals surface area contributed by atoms with E-state index < -0.39 is 42.5 Å². The van der Waals surface area contributed by atoms with Crippen LogP contribution in [0.2, 0.25) is 0 Å². The number of rotatable bonds is 8. The van der Waals surface area contributed by atoms with Crippen LogP contribution in [0.5, 0.6) is 0 Å². The standard InChI is InChI=1S/C24H23F3N2O5/c25-24(26,27)10-20(22(31)32)29-21(30)18-9-13(18)11-28-23(33)34-12-19-16-7-3-1-5-14(16)15-6-2-4-8-17(15)19/h1-8,13,18-20H,9-12H2,(H,28,33)(H,29,30)(H,31,32)/t13-,18-,20?/m0/s1. The third-order valence-corrected chi connectivity index (χ3v) is 6.16. The van der Waals surface area contributed by atoms with Gasteiger partial charge in [0.15, 0.2) is 0 Å². The van der Waals surface area contributed by atoms with Crippen LogP contribution >= 0.6 is 0 Å². The molecule has 2 aromatic rings. The molecule has 1 unspecified atom stereocenters. The number of ether oxygens (including phenoxy) is 1. The summed E-state index contributed by atoms with van der Waals surface area (Å²) in [5.41, 5.74) is 4.35. The number of halogens is 3. The highest BCUT2D eigenvalue weighted by Crippen LogP contribution is 2.44. The lowest BCUT2D eigenvalue weighted by molar-refractivity contribution is -0.160. The lowest BCUT2D eigenvalue weighted by atomic mass is 9.98. The Morgan fingerprint density at radius 2 is 1.62 bits per heavy atom. The Morgan fingerprint density at radius 1 is 1.03 bits per heavy atom. The highest BCUT2D eigenvalue weighted by molar-refractivity contribution is 5.87. The Hall–Kier alpha value is -3.56. The minimum Gasteiger partial charge on any atom is -0.480 e. The summed E-state index contributed by atoms with van der Waals surface area (Å²) in [7, 11) is 0. The topological polar surface area (TPSA) is 105 Å². The third-order valence-electron chi connectivity index (χ3n) is 6.16. The predicted octanol–water partition coefficient (Wildman–Crippen LogP) is 3.68. The number of benzene rings is 2. The second-order valence-electron chi connectivity index (χ2n) is 8.53. The SMILES string of the molecule is O=C(NC[C@@H]1C[C@@H]1C(=O)NC(CC(F)(F)F)C(=O)O)OCC1c2ccccc2-c2ccccc21. The van der Waals surface area contributed by atoms with Gasteiger partial charge in [-0.05, 0) is 34.6 Å². The predicted molar refractivity (Wildman–Crippen MR) is 115 cm³/mol. The number of alkyl halides is 3. The number of fused-ring (bicyclic) bond motifs is 3. The molecule has 2 amide bonds. The molecule has 3 N–H and O–H groups in total. The van der Waals surface area contributed by atoms with E-state index in [0.29, 0.717) is 6.42 Å². The number of hydrogen-bond donors (Lipinski definition) is 3. The molecule has 180 valence electrons. The summed E-state index contributed by atoms with van der Waals surface area (Å²) in [5.74, 6) is -3.56. The molecule has 3 atom stereocenters. The van der Waals surface area contributed by atoms with Crippen molar-refractivity contribution in [1.82, 2.24) is 10.6 Å². The van der Waals surface area contributed by atoms with Gasteiger partial charge in [0.25, 0.3) is 0 Å². The Kier molecular flexibility index (Phi) is 6.49.